The lowest BCUT2D eigenvalue weighted by Gasteiger charge is -2.16. The molecule has 1 saturated carbocycles. The Bertz CT molecular complexity index is 426. The summed E-state index contributed by atoms with van der Waals surface area (Å²) in [5, 5.41) is 8.58. The highest BCUT2D eigenvalue weighted by molar-refractivity contribution is 6.06. The van der Waals surface area contributed by atoms with Crippen LogP contribution >= 0.6 is 0 Å². The maximum atomic E-state index is 12.2. The van der Waals surface area contributed by atoms with Gasteiger partial charge in [-0.2, -0.15) is 0 Å². The number of nitrogens with zero attached hydrogens (tertiary/aromatic N) is 1. The third-order valence-corrected chi connectivity index (χ3v) is 4.33. The van der Waals surface area contributed by atoms with Gasteiger partial charge in [-0.1, -0.05) is 12.2 Å². The summed E-state index contributed by atoms with van der Waals surface area (Å²) in [4.78, 5) is 36.1. The molecule has 2 fully saturated rings. The van der Waals surface area contributed by atoms with Crippen molar-refractivity contribution >= 4 is 17.8 Å². The molecular formula is C13H15NO4. The number of carboxylic acids is 1. The molecule has 2 bridgehead atoms. The largest absolute Gasteiger partial charge is 0.481 e. The Hall–Kier alpha value is -1.65. The third kappa shape index (κ3) is 1.50. The van der Waals surface area contributed by atoms with Gasteiger partial charge in [-0.25, -0.2) is 0 Å². The number of carboxylic acid groups (broad SMARTS) is 1. The smallest absolute Gasteiger partial charge is 0.303 e. The standard InChI is InChI=1S/C13H15NO4/c15-9(16)2-1-5-14-12(17)10-7-3-4-8(6-7)11(10)13(14)18/h3-4,7-8,10-11H,1-2,5-6H2,(H,15,16)/t7-,8-,10+,11+/m0/s1. The molecule has 18 heavy (non-hydrogen) atoms. The number of amides is 2. The van der Waals surface area contributed by atoms with E-state index in [1.54, 1.807) is 0 Å². The molecule has 0 unspecified atom stereocenters. The summed E-state index contributed by atoms with van der Waals surface area (Å²) in [5.74, 6) is -0.966. The molecular weight excluding hydrogens is 234 g/mol. The van der Waals surface area contributed by atoms with Gasteiger partial charge in [0.25, 0.3) is 0 Å². The van der Waals surface area contributed by atoms with Gasteiger partial charge < -0.3 is 5.11 Å². The molecule has 0 aromatic heterocycles. The number of fused-ring (bicyclic) bond motifs is 5. The van der Waals surface area contributed by atoms with Gasteiger partial charge >= 0.3 is 5.97 Å². The summed E-state index contributed by atoms with van der Waals surface area (Å²) in [6.07, 6.45) is 5.37. The highest BCUT2D eigenvalue weighted by Crippen LogP contribution is 2.52. The van der Waals surface area contributed by atoms with Crippen LogP contribution in [0, 0.1) is 23.7 Å². The van der Waals surface area contributed by atoms with Gasteiger partial charge in [0.15, 0.2) is 0 Å². The lowest BCUT2D eigenvalue weighted by molar-refractivity contribution is -0.142. The zero-order valence-electron chi connectivity index (χ0n) is 9.91. The highest BCUT2D eigenvalue weighted by Gasteiger charge is 2.58. The molecule has 0 spiro atoms. The Morgan fingerprint density at radius 3 is 2.28 bits per heavy atom. The minimum Gasteiger partial charge on any atom is -0.481 e. The molecule has 1 aliphatic heterocycles. The average molecular weight is 249 g/mol. The molecule has 3 rings (SSSR count). The van der Waals surface area contributed by atoms with E-state index in [1.807, 2.05) is 0 Å². The second-order valence-corrected chi connectivity index (χ2v) is 5.33. The summed E-state index contributed by atoms with van der Waals surface area (Å²) < 4.78 is 0. The van der Waals surface area contributed by atoms with Crippen molar-refractivity contribution in [3.63, 3.8) is 0 Å². The Kier molecular flexibility index (Phi) is 2.50. The molecule has 1 heterocycles. The minimum atomic E-state index is -0.893. The number of carbonyl (C=O) groups is 3. The van der Waals surface area contributed by atoms with E-state index in [9.17, 15) is 14.4 Å². The lowest BCUT2D eigenvalue weighted by Crippen LogP contribution is -2.34. The van der Waals surface area contributed by atoms with Gasteiger partial charge in [0, 0.05) is 13.0 Å². The molecule has 1 saturated heterocycles. The van der Waals surface area contributed by atoms with Crippen LogP contribution in [-0.2, 0) is 14.4 Å². The molecule has 0 aromatic rings. The molecule has 3 aliphatic rings. The quantitative estimate of drug-likeness (QED) is 0.586. The summed E-state index contributed by atoms with van der Waals surface area (Å²) in [6.45, 7) is 0.246. The molecule has 2 amide bonds. The normalized spacial score (nSPS) is 36.6. The SMILES string of the molecule is O=C(O)CCCN1C(=O)[C@H]2[C@H](C1=O)[C@H]1C=C[C@H]2C1. The number of rotatable bonds is 4. The van der Waals surface area contributed by atoms with Crippen LogP contribution in [0.4, 0.5) is 0 Å². The molecule has 5 heteroatoms. The van der Waals surface area contributed by atoms with Crippen LogP contribution < -0.4 is 0 Å². The fourth-order valence-corrected chi connectivity index (χ4v) is 3.57. The van der Waals surface area contributed by atoms with E-state index in [0.29, 0.717) is 6.42 Å². The highest BCUT2D eigenvalue weighted by atomic mass is 16.4. The minimum absolute atomic E-state index is 0.00248. The van der Waals surface area contributed by atoms with E-state index in [1.165, 1.54) is 4.90 Å². The average Bonchev–Trinajstić information content (AvgIpc) is 2.97. The third-order valence-electron chi connectivity index (χ3n) is 4.33. The van der Waals surface area contributed by atoms with Gasteiger partial charge in [0.1, 0.15) is 0 Å². The Labute approximate surface area is 104 Å². The van der Waals surface area contributed by atoms with Crippen molar-refractivity contribution in [1.82, 2.24) is 4.90 Å². The van der Waals surface area contributed by atoms with Crippen LogP contribution in [0.1, 0.15) is 19.3 Å². The molecule has 2 aliphatic carbocycles. The molecule has 0 aromatic carbocycles. The number of hydrogen-bond acceptors (Lipinski definition) is 3. The van der Waals surface area contributed by atoms with E-state index in [4.69, 9.17) is 5.11 Å². The van der Waals surface area contributed by atoms with Crippen molar-refractivity contribution in [2.24, 2.45) is 23.7 Å². The van der Waals surface area contributed by atoms with Gasteiger partial charge in [-0.3, -0.25) is 19.3 Å². The van der Waals surface area contributed by atoms with E-state index >= 15 is 0 Å². The van der Waals surface area contributed by atoms with E-state index in [2.05, 4.69) is 12.2 Å². The van der Waals surface area contributed by atoms with Crippen LogP contribution in [-0.4, -0.2) is 34.3 Å². The predicted molar refractivity (Wildman–Crippen MR) is 61.3 cm³/mol. The Balaban J connectivity index is 1.70. The number of allylic oxidation sites excluding steroid dienone is 2. The van der Waals surface area contributed by atoms with Crippen molar-refractivity contribution in [3.8, 4) is 0 Å². The Morgan fingerprint density at radius 2 is 1.78 bits per heavy atom. The number of likely N-dealkylation sites (tertiary alicyclic amines) is 1. The van der Waals surface area contributed by atoms with Gasteiger partial charge in [0.05, 0.1) is 11.8 Å². The fraction of sp³-hybridized carbons (Fsp3) is 0.615. The second kappa shape index (κ2) is 3.93. The number of carbonyl (C=O) groups excluding carboxylic acids is 2. The zero-order chi connectivity index (χ0) is 12.9. The monoisotopic (exact) mass is 249 g/mol. The van der Waals surface area contributed by atoms with Crippen LogP contribution in [0.15, 0.2) is 12.2 Å². The lowest BCUT2D eigenvalue weighted by atomic mass is 9.85. The maximum absolute atomic E-state index is 12.2. The van der Waals surface area contributed by atoms with E-state index < -0.39 is 5.97 Å². The van der Waals surface area contributed by atoms with Crippen molar-refractivity contribution in [2.75, 3.05) is 6.54 Å². The van der Waals surface area contributed by atoms with Crippen LogP contribution in [0.5, 0.6) is 0 Å². The zero-order valence-corrected chi connectivity index (χ0v) is 9.91. The van der Waals surface area contributed by atoms with Crippen LogP contribution in [0.2, 0.25) is 0 Å². The number of hydrogen-bond donors (Lipinski definition) is 1. The fourth-order valence-electron chi connectivity index (χ4n) is 3.57. The summed E-state index contributed by atoms with van der Waals surface area (Å²) >= 11 is 0. The first kappa shape index (κ1) is 11.4. The van der Waals surface area contributed by atoms with Crippen molar-refractivity contribution in [1.29, 1.82) is 0 Å². The molecule has 4 atom stereocenters. The number of imide groups is 1. The van der Waals surface area contributed by atoms with Crippen LogP contribution in [0.25, 0.3) is 0 Å². The van der Waals surface area contributed by atoms with Crippen molar-refractivity contribution < 1.29 is 19.5 Å². The van der Waals surface area contributed by atoms with Crippen molar-refractivity contribution in [3.05, 3.63) is 12.2 Å². The van der Waals surface area contributed by atoms with Gasteiger partial charge in [-0.05, 0) is 24.7 Å². The van der Waals surface area contributed by atoms with Crippen molar-refractivity contribution in [2.45, 2.75) is 19.3 Å². The topological polar surface area (TPSA) is 74.7 Å². The predicted octanol–water partition coefficient (Wildman–Crippen LogP) is 0.658. The molecule has 96 valence electrons. The first-order valence-corrected chi connectivity index (χ1v) is 6.35. The van der Waals surface area contributed by atoms with Gasteiger partial charge in [-0.15, -0.1) is 0 Å². The summed E-state index contributed by atoms with van der Waals surface area (Å²) in [5.41, 5.74) is 0. The summed E-state index contributed by atoms with van der Waals surface area (Å²) in [6, 6.07) is 0. The molecule has 5 nitrogen and oxygen atoms in total. The Morgan fingerprint density at radius 1 is 1.22 bits per heavy atom. The molecule has 1 N–H and O–H groups in total. The van der Waals surface area contributed by atoms with E-state index in [0.717, 1.165) is 6.42 Å². The van der Waals surface area contributed by atoms with Crippen LogP contribution in [0.3, 0.4) is 0 Å². The first-order chi connectivity index (χ1) is 8.59. The number of aliphatic carboxylic acids is 1. The van der Waals surface area contributed by atoms with E-state index in [-0.39, 0.29) is 48.5 Å². The second-order valence-electron chi connectivity index (χ2n) is 5.33. The maximum Gasteiger partial charge on any atom is 0.303 e. The first-order valence-electron chi connectivity index (χ1n) is 6.35. The molecule has 0 radical (unpaired) electrons. The van der Waals surface area contributed by atoms with Gasteiger partial charge in [0.2, 0.25) is 11.8 Å². The summed E-state index contributed by atoms with van der Waals surface area (Å²) in [7, 11) is 0.